The van der Waals surface area contributed by atoms with E-state index in [1.165, 1.54) is 14.2 Å². The van der Waals surface area contributed by atoms with Gasteiger partial charge in [0.25, 0.3) is 0 Å². The molecule has 148 valence electrons. The summed E-state index contributed by atoms with van der Waals surface area (Å²) in [6.07, 6.45) is 1.04. The summed E-state index contributed by atoms with van der Waals surface area (Å²) in [5.41, 5.74) is 1.45. The van der Waals surface area contributed by atoms with Gasteiger partial charge in [-0.25, -0.2) is 9.59 Å². The van der Waals surface area contributed by atoms with E-state index in [-0.39, 0.29) is 5.70 Å². The fourth-order valence-corrected chi connectivity index (χ4v) is 2.29. The highest BCUT2D eigenvalue weighted by molar-refractivity contribution is 5.98. The molecule has 0 amide bonds. The molecule has 0 aromatic heterocycles. The fourth-order valence-electron chi connectivity index (χ4n) is 2.29. The molecule has 1 N–H and O–H groups in total. The van der Waals surface area contributed by atoms with Gasteiger partial charge in [0.2, 0.25) is 0 Å². The number of methoxy groups -OCH3 is 2. The summed E-state index contributed by atoms with van der Waals surface area (Å²) in [6, 6.07) is 14.6. The van der Waals surface area contributed by atoms with E-state index in [1.54, 1.807) is 6.07 Å². The summed E-state index contributed by atoms with van der Waals surface area (Å²) < 4.78 is 20.4. The zero-order chi connectivity index (χ0) is 20.4. The monoisotopic (exact) mass is 385 g/mol. The highest BCUT2D eigenvalue weighted by Crippen LogP contribution is 2.20. The summed E-state index contributed by atoms with van der Waals surface area (Å²) in [6.45, 7) is 2.87. The fraction of sp³-hybridized carbons (Fsp3) is 0.238. The SMILES string of the molecule is CCOc1ccc(OCc2cccc(N/C(=C/C(=O)OC)C(=O)OC)c2)cc1. The molecule has 0 aliphatic heterocycles. The maximum atomic E-state index is 11.8. The van der Waals surface area contributed by atoms with Crippen molar-refractivity contribution >= 4 is 17.6 Å². The Balaban J connectivity index is 2.05. The van der Waals surface area contributed by atoms with E-state index < -0.39 is 11.9 Å². The van der Waals surface area contributed by atoms with Crippen molar-refractivity contribution in [3.8, 4) is 11.5 Å². The number of rotatable bonds is 9. The third kappa shape index (κ3) is 6.35. The van der Waals surface area contributed by atoms with Crippen LogP contribution in [0.5, 0.6) is 11.5 Å². The summed E-state index contributed by atoms with van der Waals surface area (Å²) >= 11 is 0. The van der Waals surface area contributed by atoms with Gasteiger partial charge in [-0.05, 0) is 48.9 Å². The van der Waals surface area contributed by atoms with Crippen LogP contribution in [0.1, 0.15) is 12.5 Å². The van der Waals surface area contributed by atoms with Crippen LogP contribution in [-0.4, -0.2) is 32.8 Å². The third-order valence-electron chi connectivity index (χ3n) is 3.61. The zero-order valence-electron chi connectivity index (χ0n) is 16.1. The molecule has 0 bridgehead atoms. The Morgan fingerprint density at radius 1 is 0.964 bits per heavy atom. The van der Waals surface area contributed by atoms with Gasteiger partial charge >= 0.3 is 11.9 Å². The molecule has 2 aromatic carbocycles. The van der Waals surface area contributed by atoms with Crippen molar-refractivity contribution in [2.75, 3.05) is 26.1 Å². The second kappa shape index (κ2) is 10.6. The topological polar surface area (TPSA) is 83.1 Å². The van der Waals surface area contributed by atoms with E-state index in [0.29, 0.717) is 24.7 Å². The number of nitrogens with one attached hydrogen (secondary N) is 1. The number of carbonyl (C=O) groups is 2. The molecule has 7 heteroatoms. The lowest BCUT2D eigenvalue weighted by atomic mass is 10.2. The minimum Gasteiger partial charge on any atom is -0.494 e. The number of carbonyl (C=O) groups excluding carboxylic acids is 2. The maximum Gasteiger partial charge on any atom is 0.354 e. The maximum absolute atomic E-state index is 11.8. The van der Waals surface area contributed by atoms with Gasteiger partial charge < -0.3 is 24.3 Å². The van der Waals surface area contributed by atoms with E-state index in [4.69, 9.17) is 9.47 Å². The Hall–Kier alpha value is -3.48. The first kappa shape index (κ1) is 20.8. The highest BCUT2D eigenvalue weighted by Gasteiger charge is 2.13. The number of hydrogen-bond acceptors (Lipinski definition) is 7. The number of esters is 2. The molecule has 0 fully saturated rings. The van der Waals surface area contributed by atoms with Crippen molar-refractivity contribution in [1.82, 2.24) is 0 Å². The third-order valence-corrected chi connectivity index (χ3v) is 3.61. The highest BCUT2D eigenvalue weighted by atomic mass is 16.5. The summed E-state index contributed by atoms with van der Waals surface area (Å²) in [4.78, 5) is 23.3. The molecule has 0 saturated heterocycles. The van der Waals surface area contributed by atoms with Crippen LogP contribution in [0.2, 0.25) is 0 Å². The molecule has 0 radical (unpaired) electrons. The van der Waals surface area contributed by atoms with Gasteiger partial charge in [-0.1, -0.05) is 12.1 Å². The molecule has 0 spiro atoms. The Kier molecular flexibility index (Phi) is 7.90. The standard InChI is InChI=1S/C21H23NO6/c1-4-27-17-8-10-18(11-9-17)28-14-15-6-5-7-16(12-15)22-19(21(24)26-3)13-20(23)25-2/h5-13,22H,4,14H2,1-3H3/b19-13+. The molecule has 0 heterocycles. The van der Waals surface area contributed by atoms with Crippen molar-refractivity contribution in [1.29, 1.82) is 0 Å². The Bertz CT molecular complexity index is 829. The van der Waals surface area contributed by atoms with Crippen LogP contribution in [-0.2, 0) is 25.7 Å². The second-order valence-electron chi connectivity index (χ2n) is 5.59. The molecular weight excluding hydrogens is 362 g/mol. The Labute approximate surface area is 163 Å². The van der Waals surface area contributed by atoms with E-state index in [1.807, 2.05) is 49.4 Å². The molecule has 0 aliphatic rings. The van der Waals surface area contributed by atoms with Crippen LogP contribution in [0.25, 0.3) is 0 Å². The van der Waals surface area contributed by atoms with Crippen molar-refractivity contribution < 1.29 is 28.5 Å². The zero-order valence-corrected chi connectivity index (χ0v) is 16.1. The minimum absolute atomic E-state index is 0.0288. The van der Waals surface area contributed by atoms with Gasteiger partial charge in [-0.15, -0.1) is 0 Å². The van der Waals surface area contributed by atoms with Crippen LogP contribution in [0.3, 0.4) is 0 Å². The van der Waals surface area contributed by atoms with Gasteiger partial charge in [0.1, 0.15) is 23.8 Å². The lowest BCUT2D eigenvalue weighted by Crippen LogP contribution is -2.15. The number of ether oxygens (including phenoxy) is 4. The molecule has 0 atom stereocenters. The summed E-state index contributed by atoms with van der Waals surface area (Å²) in [5, 5.41) is 2.87. The van der Waals surface area contributed by atoms with Crippen LogP contribution in [0, 0.1) is 0 Å². The van der Waals surface area contributed by atoms with Gasteiger partial charge in [0.05, 0.1) is 26.9 Å². The number of anilines is 1. The summed E-state index contributed by atoms with van der Waals surface area (Å²) in [5.74, 6) is 0.153. The first-order chi connectivity index (χ1) is 13.5. The molecule has 2 rings (SSSR count). The Morgan fingerprint density at radius 3 is 2.25 bits per heavy atom. The van der Waals surface area contributed by atoms with E-state index >= 15 is 0 Å². The first-order valence-electron chi connectivity index (χ1n) is 8.65. The Morgan fingerprint density at radius 2 is 1.64 bits per heavy atom. The quantitative estimate of drug-likeness (QED) is 0.524. The molecule has 7 nitrogen and oxygen atoms in total. The smallest absolute Gasteiger partial charge is 0.354 e. The van der Waals surface area contributed by atoms with Crippen LogP contribution in [0.15, 0.2) is 60.3 Å². The van der Waals surface area contributed by atoms with Gasteiger partial charge in [0.15, 0.2) is 0 Å². The van der Waals surface area contributed by atoms with Crippen molar-refractivity contribution in [3.63, 3.8) is 0 Å². The molecule has 2 aromatic rings. The largest absolute Gasteiger partial charge is 0.494 e. The predicted octanol–water partition coefficient (Wildman–Crippen LogP) is 3.31. The first-order valence-corrected chi connectivity index (χ1v) is 8.65. The van der Waals surface area contributed by atoms with Crippen LogP contribution in [0.4, 0.5) is 5.69 Å². The lowest BCUT2D eigenvalue weighted by Gasteiger charge is -2.11. The van der Waals surface area contributed by atoms with E-state index in [2.05, 4.69) is 14.8 Å². The van der Waals surface area contributed by atoms with Gasteiger partial charge in [-0.2, -0.15) is 0 Å². The number of hydrogen-bond donors (Lipinski definition) is 1. The van der Waals surface area contributed by atoms with Gasteiger partial charge in [-0.3, -0.25) is 0 Å². The summed E-state index contributed by atoms with van der Waals surface area (Å²) in [7, 11) is 2.46. The molecule has 0 aliphatic carbocycles. The molecule has 28 heavy (non-hydrogen) atoms. The minimum atomic E-state index is -0.679. The van der Waals surface area contributed by atoms with Crippen molar-refractivity contribution in [3.05, 3.63) is 65.9 Å². The van der Waals surface area contributed by atoms with E-state index in [9.17, 15) is 9.59 Å². The average molecular weight is 385 g/mol. The molecule has 0 saturated carbocycles. The van der Waals surface area contributed by atoms with E-state index in [0.717, 1.165) is 17.4 Å². The number of benzene rings is 2. The average Bonchev–Trinajstić information content (AvgIpc) is 2.72. The normalized spacial score (nSPS) is 10.8. The molecule has 0 unspecified atom stereocenters. The predicted molar refractivity (Wildman–Crippen MR) is 104 cm³/mol. The van der Waals surface area contributed by atoms with Crippen molar-refractivity contribution in [2.45, 2.75) is 13.5 Å². The second-order valence-corrected chi connectivity index (χ2v) is 5.59. The van der Waals surface area contributed by atoms with Crippen molar-refractivity contribution in [2.24, 2.45) is 0 Å². The molecular formula is C21H23NO6. The van der Waals surface area contributed by atoms with Crippen LogP contribution < -0.4 is 14.8 Å². The van der Waals surface area contributed by atoms with Gasteiger partial charge in [0, 0.05) is 5.69 Å². The van der Waals surface area contributed by atoms with Crippen LogP contribution >= 0.6 is 0 Å². The lowest BCUT2D eigenvalue weighted by molar-refractivity contribution is -0.138.